The van der Waals surface area contributed by atoms with Crippen molar-refractivity contribution in [2.24, 2.45) is 11.8 Å². The summed E-state index contributed by atoms with van der Waals surface area (Å²) >= 11 is 0. The summed E-state index contributed by atoms with van der Waals surface area (Å²) in [5, 5.41) is 6.20. The minimum Gasteiger partial charge on any atom is -0.349 e. The lowest BCUT2D eigenvalue weighted by atomic mass is 9.82. The van der Waals surface area contributed by atoms with Crippen LogP contribution in [0.25, 0.3) is 22.4 Å². The first-order chi connectivity index (χ1) is 17.6. The third-order valence-electron chi connectivity index (χ3n) is 7.85. The van der Waals surface area contributed by atoms with Crippen LogP contribution in [0, 0.1) is 11.8 Å². The zero-order chi connectivity index (χ0) is 24.9. The number of hydrogen-bond donors (Lipinski definition) is 3. The summed E-state index contributed by atoms with van der Waals surface area (Å²) in [4.78, 5) is 33.5. The maximum absolute atomic E-state index is 12.9. The van der Waals surface area contributed by atoms with E-state index in [4.69, 9.17) is 0 Å². The average Bonchev–Trinajstić information content (AvgIpc) is 3.34. The van der Waals surface area contributed by atoms with Gasteiger partial charge in [-0.15, -0.1) is 0 Å². The van der Waals surface area contributed by atoms with Crippen LogP contribution in [0.5, 0.6) is 0 Å². The average molecular weight is 491 g/mol. The van der Waals surface area contributed by atoms with Crippen molar-refractivity contribution < 1.29 is 14.0 Å². The fraction of sp³-hybridized carbons (Fsp3) is 0.483. The Morgan fingerprint density at radius 3 is 2.47 bits per heavy atom. The van der Waals surface area contributed by atoms with Crippen LogP contribution in [-0.2, 0) is 4.79 Å². The minimum atomic E-state index is -0.336. The number of alkyl halides is 1. The molecule has 2 unspecified atom stereocenters. The molecule has 2 aliphatic carbocycles. The molecule has 0 spiro atoms. The highest BCUT2D eigenvalue weighted by molar-refractivity contribution is 5.96. The highest BCUT2D eigenvalue weighted by Gasteiger charge is 2.26. The van der Waals surface area contributed by atoms with E-state index in [1.54, 1.807) is 12.1 Å². The van der Waals surface area contributed by atoms with Gasteiger partial charge in [-0.25, -0.2) is 4.98 Å². The van der Waals surface area contributed by atoms with Gasteiger partial charge in [-0.1, -0.05) is 44.2 Å². The van der Waals surface area contributed by atoms with E-state index in [2.05, 4.69) is 20.6 Å². The Kier molecular flexibility index (Phi) is 7.63. The van der Waals surface area contributed by atoms with Gasteiger partial charge in [0, 0.05) is 28.8 Å². The maximum atomic E-state index is 12.9. The van der Waals surface area contributed by atoms with Crippen molar-refractivity contribution in [1.29, 1.82) is 0 Å². The molecule has 2 aliphatic rings. The van der Waals surface area contributed by atoms with Crippen LogP contribution < -0.4 is 10.6 Å². The lowest BCUT2D eigenvalue weighted by Gasteiger charge is -2.31. The number of anilines is 1. The van der Waals surface area contributed by atoms with E-state index in [0.717, 1.165) is 73.7 Å². The molecule has 2 saturated carbocycles. The van der Waals surface area contributed by atoms with Gasteiger partial charge in [-0.2, -0.15) is 0 Å². The van der Waals surface area contributed by atoms with Crippen LogP contribution in [0.4, 0.5) is 10.1 Å². The van der Waals surface area contributed by atoms with Gasteiger partial charge in [0.2, 0.25) is 5.91 Å². The van der Waals surface area contributed by atoms with Crippen molar-refractivity contribution >= 4 is 28.5 Å². The van der Waals surface area contributed by atoms with Crippen LogP contribution in [0.3, 0.4) is 0 Å². The number of amides is 2. The van der Waals surface area contributed by atoms with Crippen molar-refractivity contribution in [3.05, 3.63) is 48.0 Å². The van der Waals surface area contributed by atoms with E-state index < -0.39 is 0 Å². The number of rotatable bonds is 7. The number of imidazole rings is 1. The fourth-order valence-corrected chi connectivity index (χ4v) is 5.75. The smallest absolute Gasteiger partial charge is 0.251 e. The van der Waals surface area contributed by atoms with Crippen molar-refractivity contribution in [2.75, 3.05) is 12.0 Å². The Balaban J connectivity index is 1.25. The van der Waals surface area contributed by atoms with E-state index in [0.29, 0.717) is 17.8 Å². The highest BCUT2D eigenvalue weighted by atomic mass is 19.1. The van der Waals surface area contributed by atoms with E-state index in [9.17, 15) is 14.0 Å². The molecule has 3 N–H and O–H groups in total. The van der Waals surface area contributed by atoms with Crippen molar-refractivity contribution in [3.8, 4) is 11.4 Å². The highest BCUT2D eigenvalue weighted by Crippen LogP contribution is 2.29. The zero-order valence-corrected chi connectivity index (χ0v) is 20.7. The molecule has 3 aromatic rings. The van der Waals surface area contributed by atoms with Crippen LogP contribution in [0.1, 0.15) is 74.6 Å². The zero-order valence-electron chi connectivity index (χ0n) is 20.7. The molecule has 36 heavy (non-hydrogen) atoms. The van der Waals surface area contributed by atoms with Crippen LogP contribution in [-0.4, -0.2) is 34.5 Å². The fourth-order valence-electron chi connectivity index (χ4n) is 5.75. The number of carbonyl (C=O) groups is 2. The second kappa shape index (κ2) is 11.2. The number of carbonyl (C=O) groups excluding carboxylic acids is 2. The topological polar surface area (TPSA) is 86.9 Å². The number of H-pyrrole nitrogens is 1. The lowest BCUT2D eigenvalue weighted by molar-refractivity contribution is -0.120. The number of aromatic nitrogens is 2. The summed E-state index contributed by atoms with van der Waals surface area (Å²) in [6.07, 6.45) is 10.0. The van der Waals surface area contributed by atoms with Crippen molar-refractivity contribution in [3.63, 3.8) is 0 Å². The molecule has 1 heterocycles. The number of hydrogen-bond acceptors (Lipinski definition) is 3. The van der Waals surface area contributed by atoms with E-state index in [1.807, 2.05) is 30.3 Å². The largest absolute Gasteiger partial charge is 0.349 e. The SMILES string of the molecule is O=C(NC1CCCCC1CCF)c1ccc(-c2nc3ccc(NC(=O)C4CCCCC4)cc3[nH]2)cc1. The number of aromatic amines is 1. The van der Waals surface area contributed by atoms with Gasteiger partial charge < -0.3 is 15.6 Å². The van der Waals surface area contributed by atoms with E-state index >= 15 is 0 Å². The Labute approximate surface area is 211 Å². The first kappa shape index (κ1) is 24.5. The van der Waals surface area contributed by atoms with Crippen LogP contribution in [0.2, 0.25) is 0 Å². The first-order valence-corrected chi connectivity index (χ1v) is 13.4. The molecule has 0 radical (unpaired) electrons. The number of halogens is 1. The standard InChI is InChI=1S/C29H35FN4O2/c30-17-16-19-6-4-5-9-24(19)34-29(36)22-12-10-20(11-13-22)27-32-25-15-14-23(18-26(25)33-27)31-28(35)21-7-2-1-3-8-21/h10-15,18-19,21,24H,1-9,16-17H2,(H,31,35)(H,32,33)(H,34,36). The molecule has 2 atom stereocenters. The van der Waals surface area contributed by atoms with E-state index in [-0.39, 0.29) is 36.4 Å². The Hall–Kier alpha value is -3.22. The molecular weight excluding hydrogens is 455 g/mol. The molecule has 2 aromatic carbocycles. The number of fused-ring (bicyclic) bond motifs is 1. The number of benzene rings is 2. The van der Waals surface area contributed by atoms with Crippen LogP contribution in [0.15, 0.2) is 42.5 Å². The molecule has 0 aliphatic heterocycles. The monoisotopic (exact) mass is 490 g/mol. The van der Waals surface area contributed by atoms with Gasteiger partial charge in [0.25, 0.3) is 5.91 Å². The first-order valence-electron chi connectivity index (χ1n) is 13.4. The van der Waals surface area contributed by atoms with Gasteiger partial charge in [0.15, 0.2) is 0 Å². The third-order valence-corrected chi connectivity index (χ3v) is 7.85. The normalized spacial score (nSPS) is 20.8. The van der Waals surface area contributed by atoms with Gasteiger partial charge in [0.1, 0.15) is 5.82 Å². The second-order valence-electron chi connectivity index (χ2n) is 10.3. The second-order valence-corrected chi connectivity index (χ2v) is 10.3. The third kappa shape index (κ3) is 5.61. The summed E-state index contributed by atoms with van der Waals surface area (Å²) in [5.41, 5.74) is 3.91. The minimum absolute atomic E-state index is 0.0462. The molecule has 0 bridgehead atoms. The summed E-state index contributed by atoms with van der Waals surface area (Å²) in [6, 6.07) is 13.2. The summed E-state index contributed by atoms with van der Waals surface area (Å²) in [5.74, 6) is 1.03. The summed E-state index contributed by atoms with van der Waals surface area (Å²) < 4.78 is 12.9. The number of nitrogens with zero attached hydrogens (tertiary/aromatic N) is 1. The molecule has 5 rings (SSSR count). The summed E-state index contributed by atoms with van der Waals surface area (Å²) in [7, 11) is 0. The molecular formula is C29H35FN4O2. The van der Waals surface area contributed by atoms with Gasteiger partial charge in [-0.05, 0) is 68.4 Å². The molecule has 6 nitrogen and oxygen atoms in total. The lowest BCUT2D eigenvalue weighted by Crippen LogP contribution is -2.42. The van der Waals surface area contributed by atoms with Gasteiger partial charge in [-0.3, -0.25) is 14.0 Å². The molecule has 2 amide bonds. The number of nitrogens with one attached hydrogen (secondary N) is 3. The van der Waals surface area contributed by atoms with E-state index in [1.165, 1.54) is 6.42 Å². The quantitative estimate of drug-likeness (QED) is 0.358. The molecule has 190 valence electrons. The predicted octanol–water partition coefficient (Wildman–Crippen LogP) is 6.40. The Morgan fingerprint density at radius 2 is 1.69 bits per heavy atom. The Morgan fingerprint density at radius 1 is 0.944 bits per heavy atom. The molecule has 1 aromatic heterocycles. The van der Waals surface area contributed by atoms with Crippen LogP contribution >= 0.6 is 0 Å². The van der Waals surface area contributed by atoms with Gasteiger partial charge in [0.05, 0.1) is 17.7 Å². The maximum Gasteiger partial charge on any atom is 0.251 e. The Bertz CT molecular complexity index is 1200. The van der Waals surface area contributed by atoms with Crippen molar-refractivity contribution in [1.82, 2.24) is 15.3 Å². The van der Waals surface area contributed by atoms with Crippen molar-refractivity contribution in [2.45, 2.75) is 70.3 Å². The van der Waals surface area contributed by atoms with Gasteiger partial charge >= 0.3 is 0 Å². The molecule has 7 heteroatoms. The molecule has 0 saturated heterocycles. The molecule has 2 fully saturated rings. The summed E-state index contributed by atoms with van der Waals surface area (Å²) in [6.45, 7) is -0.336. The predicted molar refractivity (Wildman–Crippen MR) is 141 cm³/mol.